The topological polar surface area (TPSA) is 74.4 Å². The number of hydrogen-bond acceptors (Lipinski definition) is 6. The smallest absolute Gasteiger partial charge is 0.238 e. The second-order valence-electron chi connectivity index (χ2n) is 9.49. The third-order valence-electron chi connectivity index (χ3n) is 6.84. The molecule has 0 saturated carbocycles. The Bertz CT molecular complexity index is 974. The van der Waals surface area contributed by atoms with Crippen molar-refractivity contribution in [2.45, 2.75) is 25.8 Å². The Labute approximate surface area is 214 Å². The summed E-state index contributed by atoms with van der Waals surface area (Å²) >= 11 is 0. The van der Waals surface area contributed by atoms with Crippen LogP contribution >= 0.6 is 0 Å². The Kier molecular flexibility index (Phi) is 9.72. The van der Waals surface area contributed by atoms with E-state index in [1.54, 1.807) is 7.11 Å². The zero-order valence-corrected chi connectivity index (χ0v) is 21.3. The van der Waals surface area contributed by atoms with Crippen molar-refractivity contribution in [2.24, 2.45) is 0 Å². The fourth-order valence-corrected chi connectivity index (χ4v) is 4.69. The number of rotatable bonds is 9. The first-order valence-corrected chi connectivity index (χ1v) is 12.9. The minimum atomic E-state index is -0.0183. The number of carbonyl (C=O) groups is 2. The molecule has 2 amide bonds. The maximum Gasteiger partial charge on any atom is 0.238 e. The van der Waals surface area contributed by atoms with Gasteiger partial charge in [0.2, 0.25) is 11.8 Å². The molecule has 0 atom stereocenters. The number of nitrogens with zero attached hydrogens (tertiary/aromatic N) is 3. The van der Waals surface area contributed by atoms with E-state index in [9.17, 15) is 9.59 Å². The quantitative estimate of drug-likeness (QED) is 0.578. The summed E-state index contributed by atoms with van der Waals surface area (Å²) in [5, 5.41) is 3.02. The van der Waals surface area contributed by atoms with Crippen LogP contribution in [-0.2, 0) is 27.3 Å². The minimum absolute atomic E-state index is 0.0183. The fraction of sp³-hybridized carbons (Fsp3) is 0.500. The monoisotopic (exact) mass is 494 g/mol. The highest BCUT2D eigenvalue weighted by Crippen LogP contribution is 2.15. The van der Waals surface area contributed by atoms with Crippen LogP contribution in [0.15, 0.2) is 48.5 Å². The van der Waals surface area contributed by atoms with Crippen LogP contribution in [0.25, 0.3) is 0 Å². The summed E-state index contributed by atoms with van der Waals surface area (Å²) in [6.07, 6.45) is 2.09. The van der Waals surface area contributed by atoms with E-state index in [0.29, 0.717) is 26.1 Å². The molecule has 36 heavy (non-hydrogen) atoms. The molecular weight excluding hydrogens is 456 g/mol. The molecule has 194 valence electrons. The largest absolute Gasteiger partial charge is 0.497 e. The van der Waals surface area contributed by atoms with Crippen molar-refractivity contribution >= 4 is 17.5 Å². The third-order valence-corrected chi connectivity index (χ3v) is 6.84. The van der Waals surface area contributed by atoms with Crippen molar-refractivity contribution in [2.75, 3.05) is 71.5 Å². The van der Waals surface area contributed by atoms with Crippen LogP contribution in [0.5, 0.6) is 5.75 Å². The summed E-state index contributed by atoms with van der Waals surface area (Å²) in [5.74, 6) is 0.979. The molecule has 2 heterocycles. The van der Waals surface area contributed by atoms with Gasteiger partial charge in [-0.2, -0.15) is 0 Å². The molecule has 2 aliphatic rings. The third kappa shape index (κ3) is 8.05. The van der Waals surface area contributed by atoms with Gasteiger partial charge in [0.15, 0.2) is 0 Å². The highest BCUT2D eigenvalue weighted by Gasteiger charge is 2.20. The van der Waals surface area contributed by atoms with E-state index >= 15 is 0 Å². The number of benzene rings is 2. The molecule has 8 heteroatoms. The molecule has 0 radical (unpaired) electrons. The number of carbonyl (C=O) groups excluding carboxylic acids is 2. The van der Waals surface area contributed by atoms with Crippen molar-refractivity contribution in [3.63, 3.8) is 0 Å². The number of nitrogens with one attached hydrogen (secondary N) is 1. The average molecular weight is 495 g/mol. The minimum Gasteiger partial charge on any atom is -0.497 e. The highest BCUT2D eigenvalue weighted by atomic mass is 16.5. The molecule has 8 nitrogen and oxygen atoms in total. The van der Waals surface area contributed by atoms with Crippen LogP contribution in [0.3, 0.4) is 0 Å². The molecule has 2 aromatic rings. The second-order valence-corrected chi connectivity index (χ2v) is 9.49. The van der Waals surface area contributed by atoms with Gasteiger partial charge in [-0.15, -0.1) is 0 Å². The summed E-state index contributed by atoms with van der Waals surface area (Å²) < 4.78 is 10.6. The van der Waals surface area contributed by atoms with Gasteiger partial charge in [-0.25, -0.2) is 0 Å². The van der Waals surface area contributed by atoms with Gasteiger partial charge in [0.05, 0.1) is 26.9 Å². The van der Waals surface area contributed by atoms with E-state index in [1.165, 1.54) is 5.56 Å². The van der Waals surface area contributed by atoms with Gasteiger partial charge >= 0.3 is 0 Å². The van der Waals surface area contributed by atoms with Crippen molar-refractivity contribution < 1.29 is 19.1 Å². The first kappa shape index (κ1) is 26.1. The molecule has 0 spiro atoms. The highest BCUT2D eigenvalue weighted by molar-refractivity contribution is 5.92. The second kappa shape index (κ2) is 13.4. The number of ether oxygens (including phenoxy) is 2. The number of hydrogen-bond donors (Lipinski definition) is 1. The van der Waals surface area contributed by atoms with Crippen LogP contribution in [0, 0.1) is 0 Å². The summed E-state index contributed by atoms with van der Waals surface area (Å²) in [7, 11) is 1.65. The molecule has 2 saturated heterocycles. The Balaban J connectivity index is 1.17. The van der Waals surface area contributed by atoms with Crippen LogP contribution in [-0.4, -0.2) is 92.7 Å². The van der Waals surface area contributed by atoms with Gasteiger partial charge in [-0.1, -0.05) is 24.3 Å². The van der Waals surface area contributed by atoms with E-state index in [1.807, 2.05) is 41.3 Å². The van der Waals surface area contributed by atoms with E-state index < -0.39 is 0 Å². The predicted molar refractivity (Wildman–Crippen MR) is 140 cm³/mol. The van der Waals surface area contributed by atoms with Crippen molar-refractivity contribution in [1.82, 2.24) is 14.7 Å². The SMILES string of the molecule is COc1ccc(CCC(=O)N2CCCN(CC(=O)Nc3ccc(CN4CCOCC4)cc3)CC2)cc1. The first-order chi connectivity index (χ1) is 17.6. The summed E-state index contributed by atoms with van der Waals surface area (Å²) in [4.78, 5) is 31.9. The van der Waals surface area contributed by atoms with Gasteiger partial charge in [0.25, 0.3) is 0 Å². The van der Waals surface area contributed by atoms with E-state index in [-0.39, 0.29) is 11.8 Å². The van der Waals surface area contributed by atoms with E-state index in [2.05, 4.69) is 27.2 Å². The number of anilines is 1. The molecular formula is C28H38N4O4. The molecule has 4 rings (SSSR count). The maximum absolute atomic E-state index is 12.8. The maximum atomic E-state index is 12.8. The van der Waals surface area contributed by atoms with Crippen LogP contribution in [0.1, 0.15) is 24.0 Å². The summed E-state index contributed by atoms with van der Waals surface area (Å²) in [5.41, 5.74) is 3.18. The van der Waals surface area contributed by atoms with Crippen LogP contribution in [0.4, 0.5) is 5.69 Å². The number of amides is 2. The molecule has 0 aromatic heterocycles. The molecule has 0 aliphatic carbocycles. The van der Waals surface area contributed by atoms with Crippen molar-refractivity contribution in [3.05, 3.63) is 59.7 Å². The van der Waals surface area contributed by atoms with E-state index in [4.69, 9.17) is 9.47 Å². The fourth-order valence-electron chi connectivity index (χ4n) is 4.69. The molecule has 2 aromatic carbocycles. The van der Waals surface area contributed by atoms with Gasteiger partial charge in [-0.05, 0) is 48.2 Å². The standard InChI is InChI=1S/C28H38N4O4/c1-35-26-10-5-23(6-11-26)7-12-28(34)32-14-2-13-30(15-16-32)22-27(33)29-25-8-3-24(4-9-25)21-31-17-19-36-20-18-31/h3-6,8-11H,2,7,12-22H2,1H3,(H,29,33). The molecule has 2 fully saturated rings. The Hall–Kier alpha value is -2.94. The van der Waals surface area contributed by atoms with Crippen molar-refractivity contribution in [1.29, 1.82) is 0 Å². The van der Waals surface area contributed by atoms with Gasteiger partial charge in [0.1, 0.15) is 5.75 Å². The zero-order chi connectivity index (χ0) is 25.2. The van der Waals surface area contributed by atoms with Crippen LogP contribution < -0.4 is 10.1 Å². The number of morpholine rings is 1. The van der Waals surface area contributed by atoms with Crippen molar-refractivity contribution in [3.8, 4) is 5.75 Å². The lowest BCUT2D eigenvalue weighted by Crippen LogP contribution is -2.38. The van der Waals surface area contributed by atoms with Gasteiger partial charge < -0.3 is 19.7 Å². The number of methoxy groups -OCH3 is 1. The summed E-state index contributed by atoms with van der Waals surface area (Å²) in [6, 6.07) is 16.0. The van der Waals surface area contributed by atoms with Gasteiger partial charge in [0, 0.05) is 57.9 Å². The molecule has 0 bridgehead atoms. The van der Waals surface area contributed by atoms with E-state index in [0.717, 1.165) is 75.8 Å². The first-order valence-electron chi connectivity index (χ1n) is 12.9. The average Bonchev–Trinajstić information content (AvgIpc) is 3.15. The Morgan fingerprint density at radius 2 is 1.58 bits per heavy atom. The zero-order valence-electron chi connectivity index (χ0n) is 21.3. The summed E-state index contributed by atoms with van der Waals surface area (Å²) in [6.45, 7) is 7.66. The predicted octanol–water partition coefficient (Wildman–Crippen LogP) is 2.63. The Morgan fingerprint density at radius 1 is 0.861 bits per heavy atom. The Morgan fingerprint density at radius 3 is 2.31 bits per heavy atom. The normalized spacial score (nSPS) is 17.4. The lowest BCUT2D eigenvalue weighted by Gasteiger charge is -2.26. The molecule has 0 unspecified atom stereocenters. The van der Waals surface area contributed by atoms with Crippen LogP contribution in [0.2, 0.25) is 0 Å². The molecule has 2 aliphatic heterocycles. The lowest BCUT2D eigenvalue weighted by molar-refractivity contribution is -0.131. The molecule has 1 N–H and O–H groups in total. The number of aryl methyl sites for hydroxylation is 1. The lowest BCUT2D eigenvalue weighted by atomic mass is 10.1. The van der Waals surface area contributed by atoms with Gasteiger partial charge in [-0.3, -0.25) is 19.4 Å².